The molecule has 1 atom stereocenters. The second kappa shape index (κ2) is 6.65. The van der Waals surface area contributed by atoms with Gasteiger partial charge in [-0.3, -0.25) is 9.69 Å². The summed E-state index contributed by atoms with van der Waals surface area (Å²) in [5.41, 5.74) is 6.89. The van der Waals surface area contributed by atoms with Crippen LogP contribution in [0.4, 0.5) is 0 Å². The molecule has 1 saturated heterocycles. The molecule has 1 aliphatic rings. The normalized spacial score (nSPS) is 19.0. The van der Waals surface area contributed by atoms with Crippen LogP contribution in [0.5, 0.6) is 0 Å². The van der Waals surface area contributed by atoms with Gasteiger partial charge in [0.25, 0.3) is 0 Å². The van der Waals surface area contributed by atoms with Crippen molar-refractivity contribution in [3.63, 3.8) is 0 Å². The number of carbonyl (C=O) groups is 1. The standard InChI is InChI=1S/C14H24N4OS/c1-9-14(20-11(3)16-9)10(2)17-13(19)8-18-6-4-12(15)5-7-18/h10,12H,4-8,15H2,1-3H3,(H,17,19). The molecule has 0 spiro atoms. The zero-order valence-electron chi connectivity index (χ0n) is 12.5. The molecule has 2 heterocycles. The van der Waals surface area contributed by atoms with E-state index in [1.165, 1.54) is 0 Å². The molecule has 2 rings (SSSR count). The van der Waals surface area contributed by atoms with Gasteiger partial charge in [-0.25, -0.2) is 4.98 Å². The number of piperidine rings is 1. The first-order valence-electron chi connectivity index (χ1n) is 7.17. The fraction of sp³-hybridized carbons (Fsp3) is 0.714. The molecule has 0 saturated carbocycles. The van der Waals surface area contributed by atoms with Crippen LogP contribution >= 0.6 is 11.3 Å². The number of nitrogens with two attached hydrogens (primary N) is 1. The van der Waals surface area contributed by atoms with E-state index in [9.17, 15) is 4.79 Å². The number of rotatable bonds is 4. The quantitative estimate of drug-likeness (QED) is 0.880. The van der Waals surface area contributed by atoms with Gasteiger partial charge in [0.1, 0.15) is 0 Å². The van der Waals surface area contributed by atoms with Crippen molar-refractivity contribution in [2.24, 2.45) is 5.73 Å². The van der Waals surface area contributed by atoms with Gasteiger partial charge >= 0.3 is 0 Å². The number of carbonyl (C=O) groups excluding carboxylic acids is 1. The molecule has 5 nitrogen and oxygen atoms in total. The molecule has 1 fully saturated rings. The van der Waals surface area contributed by atoms with Crippen LogP contribution in [0.3, 0.4) is 0 Å². The minimum Gasteiger partial charge on any atom is -0.348 e. The zero-order valence-corrected chi connectivity index (χ0v) is 13.3. The van der Waals surface area contributed by atoms with Gasteiger partial charge in [-0.15, -0.1) is 11.3 Å². The molecule has 1 unspecified atom stereocenters. The molecule has 1 amide bonds. The lowest BCUT2D eigenvalue weighted by molar-refractivity contribution is -0.123. The Morgan fingerprint density at radius 1 is 1.50 bits per heavy atom. The van der Waals surface area contributed by atoms with Crippen LogP contribution in [0.25, 0.3) is 0 Å². The molecule has 0 aliphatic carbocycles. The smallest absolute Gasteiger partial charge is 0.234 e. The molecule has 112 valence electrons. The number of aromatic nitrogens is 1. The summed E-state index contributed by atoms with van der Waals surface area (Å²) < 4.78 is 0. The van der Waals surface area contributed by atoms with Crippen LogP contribution in [0, 0.1) is 13.8 Å². The fourth-order valence-electron chi connectivity index (χ4n) is 2.62. The molecule has 0 bridgehead atoms. The highest BCUT2D eigenvalue weighted by Gasteiger charge is 2.20. The lowest BCUT2D eigenvalue weighted by Crippen LogP contribution is -2.44. The molecule has 0 radical (unpaired) electrons. The molecule has 1 aliphatic heterocycles. The molecule has 1 aromatic heterocycles. The van der Waals surface area contributed by atoms with Gasteiger partial charge in [0.05, 0.1) is 23.3 Å². The van der Waals surface area contributed by atoms with Crippen molar-refractivity contribution in [2.75, 3.05) is 19.6 Å². The van der Waals surface area contributed by atoms with E-state index in [4.69, 9.17) is 5.73 Å². The van der Waals surface area contributed by atoms with Gasteiger partial charge in [-0.05, 0) is 33.6 Å². The third-order valence-electron chi connectivity index (χ3n) is 3.71. The number of nitrogens with one attached hydrogen (secondary N) is 1. The van der Waals surface area contributed by atoms with E-state index < -0.39 is 0 Å². The van der Waals surface area contributed by atoms with Gasteiger partial charge in [0.15, 0.2) is 0 Å². The average molecular weight is 296 g/mol. The number of amides is 1. The first-order valence-corrected chi connectivity index (χ1v) is 7.98. The molecule has 0 aromatic carbocycles. The van der Waals surface area contributed by atoms with Crippen molar-refractivity contribution >= 4 is 17.2 Å². The van der Waals surface area contributed by atoms with E-state index in [1.807, 2.05) is 20.8 Å². The van der Waals surface area contributed by atoms with Crippen LogP contribution < -0.4 is 11.1 Å². The molecule has 1 aromatic rings. The van der Waals surface area contributed by atoms with Crippen LogP contribution in [0.15, 0.2) is 0 Å². The summed E-state index contributed by atoms with van der Waals surface area (Å²) in [4.78, 5) is 19.8. The Morgan fingerprint density at radius 3 is 2.70 bits per heavy atom. The zero-order chi connectivity index (χ0) is 14.7. The van der Waals surface area contributed by atoms with Crippen molar-refractivity contribution in [3.8, 4) is 0 Å². The minimum absolute atomic E-state index is 0.0285. The Labute approximate surface area is 124 Å². The van der Waals surface area contributed by atoms with Crippen LogP contribution in [-0.4, -0.2) is 41.5 Å². The van der Waals surface area contributed by atoms with Gasteiger partial charge < -0.3 is 11.1 Å². The van der Waals surface area contributed by atoms with Crippen LogP contribution in [0.1, 0.15) is 41.4 Å². The van der Waals surface area contributed by atoms with E-state index >= 15 is 0 Å². The van der Waals surface area contributed by atoms with E-state index in [0.29, 0.717) is 12.6 Å². The third kappa shape index (κ3) is 4.01. The Kier molecular flexibility index (Phi) is 5.12. The Balaban J connectivity index is 1.83. The lowest BCUT2D eigenvalue weighted by atomic mass is 10.1. The number of aryl methyl sites for hydroxylation is 2. The number of hydrogen-bond acceptors (Lipinski definition) is 5. The van der Waals surface area contributed by atoms with Gasteiger partial charge in [-0.2, -0.15) is 0 Å². The molecule has 20 heavy (non-hydrogen) atoms. The average Bonchev–Trinajstić information content (AvgIpc) is 2.71. The summed E-state index contributed by atoms with van der Waals surface area (Å²) in [6.07, 6.45) is 1.96. The molecule has 6 heteroatoms. The van der Waals surface area contributed by atoms with Crippen molar-refractivity contribution in [1.82, 2.24) is 15.2 Å². The summed E-state index contributed by atoms with van der Waals surface area (Å²) in [5.74, 6) is 0.0819. The number of nitrogens with zero attached hydrogens (tertiary/aromatic N) is 2. The summed E-state index contributed by atoms with van der Waals surface area (Å²) in [5, 5.41) is 4.11. The second-order valence-corrected chi connectivity index (χ2v) is 6.82. The third-order valence-corrected chi connectivity index (χ3v) is 4.97. The summed E-state index contributed by atoms with van der Waals surface area (Å²) in [6, 6.07) is 0.330. The van der Waals surface area contributed by atoms with Gasteiger partial charge in [0.2, 0.25) is 5.91 Å². The first-order chi connectivity index (χ1) is 9.45. The Bertz CT molecular complexity index is 466. The maximum Gasteiger partial charge on any atom is 0.234 e. The van der Waals surface area contributed by atoms with Crippen LogP contribution in [0.2, 0.25) is 0 Å². The van der Waals surface area contributed by atoms with Crippen molar-refractivity contribution in [1.29, 1.82) is 0 Å². The van der Waals surface area contributed by atoms with E-state index in [-0.39, 0.29) is 11.9 Å². The van der Waals surface area contributed by atoms with E-state index in [2.05, 4.69) is 15.2 Å². The highest BCUT2D eigenvalue weighted by molar-refractivity contribution is 7.11. The van der Waals surface area contributed by atoms with E-state index in [0.717, 1.165) is 41.5 Å². The van der Waals surface area contributed by atoms with Gasteiger partial charge in [0, 0.05) is 24.0 Å². The second-order valence-electron chi connectivity index (χ2n) is 5.59. The minimum atomic E-state index is 0.0285. The predicted octanol–water partition coefficient (Wildman–Crippen LogP) is 1.36. The van der Waals surface area contributed by atoms with Gasteiger partial charge in [-0.1, -0.05) is 0 Å². The summed E-state index contributed by atoms with van der Waals surface area (Å²) >= 11 is 1.65. The highest BCUT2D eigenvalue weighted by Crippen LogP contribution is 2.24. The number of hydrogen-bond donors (Lipinski definition) is 2. The largest absolute Gasteiger partial charge is 0.348 e. The fourth-order valence-corrected chi connectivity index (χ4v) is 3.55. The Hall–Kier alpha value is -0.980. The Morgan fingerprint density at radius 2 is 2.15 bits per heavy atom. The summed E-state index contributed by atoms with van der Waals surface area (Å²) in [6.45, 7) is 8.31. The SMILES string of the molecule is Cc1nc(C)c(C(C)NC(=O)CN2CCC(N)CC2)s1. The topological polar surface area (TPSA) is 71.2 Å². The number of likely N-dealkylation sites (tertiary alicyclic amines) is 1. The van der Waals surface area contributed by atoms with Crippen LogP contribution in [-0.2, 0) is 4.79 Å². The van der Waals surface area contributed by atoms with Crippen molar-refractivity contribution < 1.29 is 4.79 Å². The highest BCUT2D eigenvalue weighted by atomic mass is 32.1. The lowest BCUT2D eigenvalue weighted by Gasteiger charge is -2.29. The maximum absolute atomic E-state index is 12.1. The summed E-state index contributed by atoms with van der Waals surface area (Å²) in [7, 11) is 0. The maximum atomic E-state index is 12.1. The van der Waals surface area contributed by atoms with Crippen molar-refractivity contribution in [2.45, 2.75) is 45.7 Å². The molecule has 3 N–H and O–H groups in total. The van der Waals surface area contributed by atoms with E-state index in [1.54, 1.807) is 11.3 Å². The van der Waals surface area contributed by atoms with Crippen molar-refractivity contribution in [3.05, 3.63) is 15.6 Å². The molecular formula is C14H24N4OS. The first kappa shape index (κ1) is 15.4. The monoisotopic (exact) mass is 296 g/mol. The molecular weight excluding hydrogens is 272 g/mol. The number of thiazole rings is 1. The predicted molar refractivity (Wildman–Crippen MR) is 81.8 cm³/mol.